The van der Waals surface area contributed by atoms with Gasteiger partial charge < -0.3 is 15.7 Å². The van der Waals surface area contributed by atoms with Gasteiger partial charge in [-0.05, 0) is 30.5 Å². The quantitative estimate of drug-likeness (QED) is 0.642. The van der Waals surface area contributed by atoms with E-state index in [0.29, 0.717) is 18.4 Å². The zero-order valence-corrected chi connectivity index (χ0v) is 14.4. The van der Waals surface area contributed by atoms with Crippen molar-refractivity contribution in [3.8, 4) is 0 Å². The molecule has 0 fully saturated rings. The second kappa shape index (κ2) is 9.98. The van der Waals surface area contributed by atoms with Crippen LogP contribution in [0.3, 0.4) is 0 Å². The first-order chi connectivity index (χ1) is 12.5. The average Bonchev–Trinajstić information content (AvgIpc) is 2.65. The summed E-state index contributed by atoms with van der Waals surface area (Å²) in [4.78, 5) is 35.0. The molecule has 0 radical (unpaired) electrons. The molecule has 0 heterocycles. The highest BCUT2D eigenvalue weighted by Gasteiger charge is 2.15. The summed E-state index contributed by atoms with van der Waals surface area (Å²) >= 11 is 0. The summed E-state index contributed by atoms with van der Waals surface area (Å²) in [5.41, 5.74) is 1.49. The Kier molecular flexibility index (Phi) is 7.36. The smallest absolute Gasteiger partial charge is 0.303 e. The summed E-state index contributed by atoms with van der Waals surface area (Å²) in [6.45, 7) is -0.161. The maximum absolute atomic E-state index is 12.2. The van der Waals surface area contributed by atoms with Crippen molar-refractivity contribution < 1.29 is 19.5 Å². The molecule has 6 nitrogen and oxygen atoms in total. The van der Waals surface area contributed by atoms with Crippen molar-refractivity contribution in [2.45, 2.75) is 25.3 Å². The molecule has 2 amide bonds. The van der Waals surface area contributed by atoms with Gasteiger partial charge >= 0.3 is 5.97 Å². The molecule has 0 spiro atoms. The number of carboxylic acid groups (broad SMARTS) is 1. The highest BCUT2D eigenvalue weighted by atomic mass is 16.4. The van der Waals surface area contributed by atoms with E-state index in [0.717, 1.165) is 5.56 Å². The molecule has 0 aliphatic carbocycles. The lowest BCUT2D eigenvalue weighted by atomic mass is 10.0. The van der Waals surface area contributed by atoms with Gasteiger partial charge in [-0.1, -0.05) is 48.5 Å². The minimum Gasteiger partial charge on any atom is -0.481 e. The highest BCUT2D eigenvalue weighted by Crippen LogP contribution is 2.08. The van der Waals surface area contributed by atoms with Crippen LogP contribution in [0.2, 0.25) is 0 Å². The van der Waals surface area contributed by atoms with E-state index in [1.54, 1.807) is 30.3 Å². The molecule has 0 aromatic heterocycles. The number of rotatable bonds is 9. The normalized spacial score (nSPS) is 11.4. The molecule has 2 aromatic rings. The molecule has 2 rings (SSSR count). The Morgan fingerprint density at radius 3 is 2.15 bits per heavy atom. The van der Waals surface area contributed by atoms with Gasteiger partial charge in [0.05, 0.1) is 6.54 Å². The van der Waals surface area contributed by atoms with Crippen molar-refractivity contribution in [1.29, 1.82) is 0 Å². The number of aliphatic carboxylic acids is 1. The van der Waals surface area contributed by atoms with Crippen molar-refractivity contribution in [1.82, 2.24) is 10.6 Å². The Hall–Kier alpha value is -3.15. The van der Waals surface area contributed by atoms with Crippen molar-refractivity contribution >= 4 is 17.8 Å². The van der Waals surface area contributed by atoms with Crippen molar-refractivity contribution in [3.63, 3.8) is 0 Å². The number of carbonyl (C=O) groups excluding carboxylic acids is 2. The number of amides is 2. The van der Waals surface area contributed by atoms with Gasteiger partial charge in [0, 0.05) is 18.0 Å². The first kappa shape index (κ1) is 19.2. The van der Waals surface area contributed by atoms with E-state index in [9.17, 15) is 14.4 Å². The Morgan fingerprint density at radius 1 is 0.923 bits per heavy atom. The third-order valence-electron chi connectivity index (χ3n) is 3.84. The first-order valence-corrected chi connectivity index (χ1v) is 8.43. The Labute approximate surface area is 152 Å². The molecule has 26 heavy (non-hydrogen) atoms. The topological polar surface area (TPSA) is 95.5 Å². The number of carboxylic acids is 1. The van der Waals surface area contributed by atoms with E-state index in [4.69, 9.17) is 5.11 Å². The van der Waals surface area contributed by atoms with Crippen LogP contribution in [-0.2, 0) is 16.0 Å². The van der Waals surface area contributed by atoms with Gasteiger partial charge in [0.1, 0.15) is 0 Å². The van der Waals surface area contributed by atoms with Crippen LogP contribution >= 0.6 is 0 Å². The standard InChI is InChI=1S/C20H22N2O4/c23-18(14-21-20(26)16-9-5-2-6-10-16)22-17(11-12-19(24)25)13-15-7-3-1-4-8-15/h1-10,17H,11-14H2,(H,21,26)(H,22,23)(H,24,25). The molecule has 0 saturated carbocycles. The number of hydrogen-bond acceptors (Lipinski definition) is 3. The zero-order chi connectivity index (χ0) is 18.8. The van der Waals surface area contributed by atoms with Crippen LogP contribution in [0.4, 0.5) is 0 Å². The predicted octanol–water partition coefficient (Wildman–Crippen LogP) is 2.01. The summed E-state index contributed by atoms with van der Waals surface area (Å²) in [5, 5.41) is 14.3. The summed E-state index contributed by atoms with van der Waals surface area (Å²) in [6.07, 6.45) is 0.823. The third kappa shape index (κ3) is 6.76. The molecular formula is C20H22N2O4. The van der Waals surface area contributed by atoms with Gasteiger partial charge in [0.15, 0.2) is 0 Å². The molecule has 0 aliphatic heterocycles. The molecule has 0 aliphatic rings. The van der Waals surface area contributed by atoms with Crippen molar-refractivity contribution in [2.75, 3.05) is 6.54 Å². The summed E-state index contributed by atoms with van der Waals surface area (Å²) in [6, 6.07) is 17.9. The van der Waals surface area contributed by atoms with Crippen LogP contribution in [-0.4, -0.2) is 35.5 Å². The van der Waals surface area contributed by atoms with Gasteiger partial charge in [-0.3, -0.25) is 14.4 Å². The van der Waals surface area contributed by atoms with E-state index < -0.39 is 5.97 Å². The summed E-state index contributed by atoms with van der Waals surface area (Å²) < 4.78 is 0. The zero-order valence-electron chi connectivity index (χ0n) is 14.4. The average molecular weight is 354 g/mol. The minimum atomic E-state index is -0.908. The van der Waals surface area contributed by atoms with Crippen LogP contribution in [0.5, 0.6) is 0 Å². The Balaban J connectivity index is 1.88. The molecule has 1 unspecified atom stereocenters. The van der Waals surface area contributed by atoms with E-state index in [1.807, 2.05) is 30.3 Å². The minimum absolute atomic E-state index is 0.0336. The fourth-order valence-electron chi connectivity index (χ4n) is 2.55. The largest absolute Gasteiger partial charge is 0.481 e. The van der Waals surface area contributed by atoms with E-state index in [1.165, 1.54) is 0 Å². The SMILES string of the molecule is O=C(O)CCC(Cc1ccccc1)NC(=O)CNC(=O)c1ccccc1. The van der Waals surface area contributed by atoms with Gasteiger partial charge in [-0.25, -0.2) is 0 Å². The molecule has 3 N–H and O–H groups in total. The molecule has 2 aromatic carbocycles. The Bertz CT molecular complexity index is 732. The summed E-state index contributed by atoms with van der Waals surface area (Å²) in [7, 11) is 0. The van der Waals surface area contributed by atoms with Crippen LogP contribution in [0, 0.1) is 0 Å². The van der Waals surface area contributed by atoms with Crippen molar-refractivity contribution in [2.24, 2.45) is 0 Å². The fourth-order valence-corrected chi connectivity index (χ4v) is 2.55. The number of nitrogens with one attached hydrogen (secondary N) is 2. The van der Waals surface area contributed by atoms with E-state index >= 15 is 0 Å². The molecule has 136 valence electrons. The maximum Gasteiger partial charge on any atom is 0.303 e. The second-order valence-corrected chi connectivity index (χ2v) is 5.94. The van der Waals surface area contributed by atoms with Crippen LogP contribution in [0.25, 0.3) is 0 Å². The lowest BCUT2D eigenvalue weighted by Gasteiger charge is -2.18. The van der Waals surface area contributed by atoms with Crippen molar-refractivity contribution in [3.05, 3.63) is 71.8 Å². The lowest BCUT2D eigenvalue weighted by molar-refractivity contribution is -0.137. The second-order valence-electron chi connectivity index (χ2n) is 5.94. The molecule has 6 heteroatoms. The van der Waals surface area contributed by atoms with E-state index in [2.05, 4.69) is 10.6 Å². The predicted molar refractivity (Wildman–Crippen MR) is 97.7 cm³/mol. The van der Waals surface area contributed by atoms with Crippen LogP contribution < -0.4 is 10.6 Å². The monoisotopic (exact) mass is 354 g/mol. The molecule has 0 saturated heterocycles. The first-order valence-electron chi connectivity index (χ1n) is 8.43. The van der Waals surface area contributed by atoms with Gasteiger partial charge in [0.25, 0.3) is 5.91 Å². The van der Waals surface area contributed by atoms with E-state index in [-0.39, 0.29) is 30.8 Å². The lowest BCUT2D eigenvalue weighted by Crippen LogP contribution is -2.43. The van der Waals surface area contributed by atoms with Gasteiger partial charge in [-0.2, -0.15) is 0 Å². The molecular weight excluding hydrogens is 332 g/mol. The van der Waals surface area contributed by atoms with Crippen LogP contribution in [0.1, 0.15) is 28.8 Å². The number of benzene rings is 2. The third-order valence-corrected chi connectivity index (χ3v) is 3.84. The highest BCUT2D eigenvalue weighted by molar-refractivity contribution is 5.96. The maximum atomic E-state index is 12.2. The Morgan fingerprint density at radius 2 is 1.54 bits per heavy atom. The van der Waals surface area contributed by atoms with Crippen LogP contribution in [0.15, 0.2) is 60.7 Å². The van der Waals surface area contributed by atoms with Gasteiger partial charge in [0.2, 0.25) is 5.91 Å². The van der Waals surface area contributed by atoms with Gasteiger partial charge in [-0.15, -0.1) is 0 Å². The molecule has 1 atom stereocenters. The number of carbonyl (C=O) groups is 3. The molecule has 0 bridgehead atoms. The number of hydrogen-bond donors (Lipinski definition) is 3. The fraction of sp³-hybridized carbons (Fsp3) is 0.250. The summed E-state index contributed by atoms with van der Waals surface area (Å²) in [5.74, 6) is -1.58.